The molecule has 3 nitrogen and oxygen atoms in total. The lowest BCUT2D eigenvalue weighted by molar-refractivity contribution is 0.0731. The molecule has 1 rings (SSSR count). The van der Waals surface area contributed by atoms with Gasteiger partial charge >= 0.3 is 0 Å². The topological polar surface area (TPSA) is 40.5 Å². The molecule has 0 saturated heterocycles. The van der Waals surface area contributed by atoms with Gasteiger partial charge in [-0.05, 0) is 44.0 Å². The van der Waals surface area contributed by atoms with E-state index >= 15 is 0 Å². The fourth-order valence-corrected chi connectivity index (χ4v) is 1.78. The minimum atomic E-state index is -0.272. The van der Waals surface area contributed by atoms with Crippen LogP contribution < -0.4 is 0 Å². The normalized spacial score (nSPS) is 10.4. The predicted molar refractivity (Wildman–Crippen MR) is 64.5 cm³/mol. The minimum absolute atomic E-state index is 0.0707. The van der Waals surface area contributed by atoms with Gasteiger partial charge in [0.1, 0.15) is 5.82 Å². The smallest absolute Gasteiger partial charge is 0.253 e. The SMILES string of the molecule is CCN(CCO)C(=O)c1cc(C)c(F)c(C)c1. The molecule has 1 aromatic rings. The Bertz CT molecular complexity index is 395. The van der Waals surface area contributed by atoms with E-state index in [1.807, 2.05) is 6.92 Å². The molecule has 0 aliphatic carbocycles. The standard InChI is InChI=1S/C13H18FNO2/c1-4-15(5-6-16)13(17)11-7-9(2)12(14)10(3)8-11/h7-8,16H,4-6H2,1-3H3. The number of amides is 1. The van der Waals surface area contributed by atoms with Gasteiger partial charge < -0.3 is 10.0 Å². The maximum absolute atomic E-state index is 13.4. The number of carbonyl (C=O) groups excluding carboxylic acids is 1. The quantitative estimate of drug-likeness (QED) is 0.871. The molecule has 0 aliphatic rings. The number of nitrogens with zero attached hydrogens (tertiary/aromatic N) is 1. The Balaban J connectivity index is 3.03. The van der Waals surface area contributed by atoms with Crippen molar-refractivity contribution in [3.05, 3.63) is 34.6 Å². The number of benzene rings is 1. The highest BCUT2D eigenvalue weighted by molar-refractivity contribution is 5.94. The van der Waals surface area contributed by atoms with E-state index in [4.69, 9.17) is 5.11 Å². The van der Waals surface area contributed by atoms with Crippen molar-refractivity contribution in [1.82, 2.24) is 4.90 Å². The summed E-state index contributed by atoms with van der Waals surface area (Å²) < 4.78 is 13.4. The van der Waals surface area contributed by atoms with Crippen molar-refractivity contribution in [3.8, 4) is 0 Å². The Labute approximate surface area is 101 Å². The molecule has 0 saturated carbocycles. The first-order valence-electron chi connectivity index (χ1n) is 5.68. The van der Waals surface area contributed by atoms with Crippen LogP contribution >= 0.6 is 0 Å². The number of carbonyl (C=O) groups is 1. The fourth-order valence-electron chi connectivity index (χ4n) is 1.78. The van der Waals surface area contributed by atoms with Gasteiger partial charge in [0.2, 0.25) is 0 Å². The molecule has 94 valence electrons. The second-order valence-electron chi connectivity index (χ2n) is 4.03. The number of aryl methyl sites for hydroxylation is 2. The summed E-state index contributed by atoms with van der Waals surface area (Å²) in [5.74, 6) is -0.445. The summed E-state index contributed by atoms with van der Waals surface area (Å²) in [7, 11) is 0. The average molecular weight is 239 g/mol. The zero-order valence-electron chi connectivity index (χ0n) is 10.5. The Kier molecular flexibility index (Phi) is 4.63. The van der Waals surface area contributed by atoms with Gasteiger partial charge in [0.05, 0.1) is 6.61 Å². The van der Waals surface area contributed by atoms with Crippen LogP contribution in [0.25, 0.3) is 0 Å². The molecular weight excluding hydrogens is 221 g/mol. The fraction of sp³-hybridized carbons (Fsp3) is 0.462. The molecule has 0 radical (unpaired) electrons. The number of halogens is 1. The third-order valence-electron chi connectivity index (χ3n) is 2.72. The van der Waals surface area contributed by atoms with Crippen LogP contribution in [-0.2, 0) is 0 Å². The zero-order chi connectivity index (χ0) is 13.0. The number of aliphatic hydroxyl groups is 1. The van der Waals surface area contributed by atoms with Gasteiger partial charge in [-0.25, -0.2) is 4.39 Å². The highest BCUT2D eigenvalue weighted by Gasteiger charge is 2.15. The average Bonchev–Trinajstić information content (AvgIpc) is 2.31. The summed E-state index contributed by atoms with van der Waals surface area (Å²) in [6.07, 6.45) is 0. The Morgan fingerprint density at radius 2 is 1.88 bits per heavy atom. The molecule has 0 heterocycles. The van der Waals surface area contributed by atoms with Crippen LogP contribution in [-0.4, -0.2) is 35.6 Å². The maximum atomic E-state index is 13.4. The molecule has 0 spiro atoms. The van der Waals surface area contributed by atoms with Gasteiger partial charge in [0.15, 0.2) is 0 Å². The van der Waals surface area contributed by atoms with Crippen LogP contribution in [0.2, 0.25) is 0 Å². The number of hydrogen-bond acceptors (Lipinski definition) is 2. The largest absolute Gasteiger partial charge is 0.395 e. The highest BCUT2D eigenvalue weighted by Crippen LogP contribution is 2.16. The molecule has 17 heavy (non-hydrogen) atoms. The molecule has 0 unspecified atom stereocenters. The van der Waals surface area contributed by atoms with Crippen LogP contribution in [0, 0.1) is 19.7 Å². The number of hydrogen-bond donors (Lipinski definition) is 1. The lowest BCUT2D eigenvalue weighted by Crippen LogP contribution is -2.33. The van der Waals surface area contributed by atoms with Crippen molar-refractivity contribution in [1.29, 1.82) is 0 Å². The highest BCUT2D eigenvalue weighted by atomic mass is 19.1. The van der Waals surface area contributed by atoms with Gasteiger partial charge in [-0.3, -0.25) is 4.79 Å². The van der Waals surface area contributed by atoms with E-state index in [1.165, 1.54) is 4.90 Å². The molecule has 0 aliphatic heterocycles. The van der Waals surface area contributed by atoms with Gasteiger partial charge in [-0.15, -0.1) is 0 Å². The number of rotatable bonds is 4. The Morgan fingerprint density at radius 1 is 1.35 bits per heavy atom. The lowest BCUT2D eigenvalue weighted by atomic mass is 10.1. The summed E-state index contributed by atoms with van der Waals surface area (Å²) in [6.45, 7) is 5.87. The van der Waals surface area contributed by atoms with Crippen LogP contribution in [0.3, 0.4) is 0 Å². The van der Waals surface area contributed by atoms with E-state index < -0.39 is 0 Å². The second kappa shape index (κ2) is 5.77. The van der Waals surface area contributed by atoms with Crippen molar-refractivity contribution >= 4 is 5.91 Å². The summed E-state index contributed by atoms with van der Waals surface area (Å²) in [5, 5.41) is 8.86. The van der Waals surface area contributed by atoms with E-state index in [9.17, 15) is 9.18 Å². The summed E-state index contributed by atoms with van der Waals surface area (Å²) >= 11 is 0. The van der Waals surface area contributed by atoms with E-state index in [0.29, 0.717) is 29.8 Å². The minimum Gasteiger partial charge on any atom is -0.395 e. The van der Waals surface area contributed by atoms with Gasteiger partial charge in [-0.2, -0.15) is 0 Å². The van der Waals surface area contributed by atoms with Crippen molar-refractivity contribution < 1.29 is 14.3 Å². The molecule has 0 atom stereocenters. The molecule has 0 aromatic heterocycles. The molecule has 1 N–H and O–H groups in total. The third-order valence-corrected chi connectivity index (χ3v) is 2.72. The van der Waals surface area contributed by atoms with Gasteiger partial charge in [0, 0.05) is 18.7 Å². The van der Waals surface area contributed by atoms with Crippen LogP contribution in [0.1, 0.15) is 28.4 Å². The molecule has 1 amide bonds. The van der Waals surface area contributed by atoms with E-state index in [0.717, 1.165) is 0 Å². The first-order valence-corrected chi connectivity index (χ1v) is 5.68. The summed E-state index contributed by atoms with van der Waals surface area (Å²) in [5.41, 5.74) is 1.40. The first kappa shape index (κ1) is 13.6. The second-order valence-corrected chi connectivity index (χ2v) is 4.03. The summed E-state index contributed by atoms with van der Waals surface area (Å²) in [4.78, 5) is 13.6. The summed E-state index contributed by atoms with van der Waals surface area (Å²) in [6, 6.07) is 3.09. The molecule has 0 bridgehead atoms. The van der Waals surface area contributed by atoms with Crippen molar-refractivity contribution in [2.24, 2.45) is 0 Å². The monoisotopic (exact) mass is 239 g/mol. The lowest BCUT2D eigenvalue weighted by Gasteiger charge is -2.20. The van der Waals surface area contributed by atoms with Gasteiger partial charge in [0.25, 0.3) is 5.91 Å². The van der Waals surface area contributed by atoms with Crippen LogP contribution in [0.4, 0.5) is 4.39 Å². The van der Waals surface area contributed by atoms with Crippen LogP contribution in [0.15, 0.2) is 12.1 Å². The predicted octanol–water partition coefficient (Wildman–Crippen LogP) is 1.90. The van der Waals surface area contributed by atoms with Crippen molar-refractivity contribution in [2.45, 2.75) is 20.8 Å². The number of likely N-dealkylation sites (N-methyl/N-ethyl adjacent to an activating group) is 1. The van der Waals surface area contributed by atoms with E-state index in [2.05, 4.69) is 0 Å². The number of aliphatic hydroxyl groups excluding tert-OH is 1. The molecule has 4 heteroatoms. The molecule has 0 fully saturated rings. The first-order chi connectivity index (χ1) is 8.01. The molecule has 1 aromatic carbocycles. The van der Waals surface area contributed by atoms with Gasteiger partial charge in [-0.1, -0.05) is 0 Å². The molecular formula is C13H18FNO2. The van der Waals surface area contributed by atoms with E-state index in [1.54, 1.807) is 26.0 Å². The maximum Gasteiger partial charge on any atom is 0.253 e. The van der Waals surface area contributed by atoms with E-state index in [-0.39, 0.29) is 18.3 Å². The third kappa shape index (κ3) is 3.03. The Hall–Kier alpha value is -1.42. The van der Waals surface area contributed by atoms with Crippen molar-refractivity contribution in [2.75, 3.05) is 19.7 Å². The van der Waals surface area contributed by atoms with Crippen molar-refractivity contribution in [3.63, 3.8) is 0 Å². The van der Waals surface area contributed by atoms with Crippen LogP contribution in [0.5, 0.6) is 0 Å². The Morgan fingerprint density at radius 3 is 2.29 bits per heavy atom. The zero-order valence-corrected chi connectivity index (χ0v) is 10.5.